The van der Waals surface area contributed by atoms with Crippen LogP contribution in [0.5, 0.6) is 0 Å². The Balaban J connectivity index is 1.48. The summed E-state index contributed by atoms with van der Waals surface area (Å²) in [5.41, 5.74) is 16.0. The van der Waals surface area contributed by atoms with Crippen LogP contribution in [-0.4, -0.2) is 16.3 Å². The monoisotopic (exact) mass is 557 g/mol. The van der Waals surface area contributed by atoms with E-state index in [1.807, 2.05) is 0 Å². The second-order valence-corrected chi connectivity index (χ2v) is 14.2. The molecule has 210 valence electrons. The molecule has 0 atom stereocenters. The number of imidazole rings is 1. The first kappa shape index (κ1) is 26.1. The van der Waals surface area contributed by atoms with Gasteiger partial charge in [-0.2, -0.15) is 0 Å². The smallest absolute Gasteiger partial charge is 0.294 e. The fourth-order valence-corrected chi connectivity index (χ4v) is 6.94. The number of para-hydroxylation sites is 1. The van der Waals surface area contributed by atoms with Crippen molar-refractivity contribution in [1.82, 2.24) is 9.55 Å². The van der Waals surface area contributed by atoms with Crippen LogP contribution in [0.3, 0.4) is 0 Å². The van der Waals surface area contributed by atoms with Gasteiger partial charge in [-0.25, -0.2) is 4.98 Å². The molecule has 0 spiro atoms. The van der Waals surface area contributed by atoms with Gasteiger partial charge in [0.1, 0.15) is 0 Å². The lowest BCUT2D eigenvalue weighted by atomic mass is 9.38. The van der Waals surface area contributed by atoms with Gasteiger partial charge in [0.05, 0.1) is 16.8 Å². The molecule has 0 radical (unpaired) electrons. The van der Waals surface area contributed by atoms with Crippen molar-refractivity contribution in [2.45, 2.75) is 52.4 Å². The minimum absolute atomic E-state index is 0.0198. The molecule has 2 aliphatic heterocycles. The van der Waals surface area contributed by atoms with Gasteiger partial charge < -0.3 is 9.47 Å². The van der Waals surface area contributed by atoms with E-state index in [0.29, 0.717) is 0 Å². The molecule has 0 fully saturated rings. The Bertz CT molecular complexity index is 2040. The maximum absolute atomic E-state index is 5.39. The third-order valence-corrected chi connectivity index (χ3v) is 9.28. The van der Waals surface area contributed by atoms with E-state index in [1.165, 1.54) is 61.4 Å². The standard InChI is InChI=1S/C39H36BN3/c1-38(2,3)27-18-20-32-30(22-27)40-36-34(42(32)29-15-11-8-12-16-29)23-28(39(4,5)6)24-35(36)43-33-21-26(25-13-9-7-10-14-25)17-19-31(33)41-37(40)43/h7-24H,1-6H3. The highest BCUT2D eigenvalue weighted by Gasteiger charge is 2.46. The Morgan fingerprint density at radius 2 is 1.26 bits per heavy atom. The molecule has 0 amide bonds. The molecule has 43 heavy (non-hydrogen) atoms. The quantitative estimate of drug-likeness (QED) is 0.202. The number of aromatic nitrogens is 2. The van der Waals surface area contributed by atoms with Crippen LogP contribution in [-0.2, 0) is 10.8 Å². The predicted molar refractivity (Wildman–Crippen MR) is 183 cm³/mol. The van der Waals surface area contributed by atoms with Gasteiger partial charge in [-0.1, -0.05) is 108 Å². The van der Waals surface area contributed by atoms with E-state index < -0.39 is 0 Å². The van der Waals surface area contributed by atoms with Crippen LogP contribution in [0.15, 0.2) is 109 Å². The molecule has 4 heteroatoms. The predicted octanol–water partition coefficient (Wildman–Crippen LogP) is 7.90. The third-order valence-electron chi connectivity index (χ3n) is 9.28. The van der Waals surface area contributed by atoms with Gasteiger partial charge in [0.2, 0.25) is 0 Å². The fraction of sp³-hybridized carbons (Fsp3) is 0.205. The molecule has 0 unspecified atom stereocenters. The highest BCUT2D eigenvalue weighted by Crippen LogP contribution is 2.42. The fourth-order valence-electron chi connectivity index (χ4n) is 6.94. The molecule has 0 aliphatic carbocycles. The minimum atomic E-state index is -0.0198. The van der Waals surface area contributed by atoms with Crippen LogP contribution in [0.1, 0.15) is 52.7 Å². The number of benzene rings is 5. The Labute approximate surface area is 254 Å². The summed E-state index contributed by atoms with van der Waals surface area (Å²) in [6.07, 6.45) is 0. The molecule has 3 nitrogen and oxygen atoms in total. The average Bonchev–Trinajstić information content (AvgIpc) is 3.52. The molecular formula is C39H36BN3. The zero-order chi connectivity index (χ0) is 29.7. The number of anilines is 3. The number of hydrogen-bond donors (Lipinski definition) is 0. The molecular weight excluding hydrogens is 521 g/mol. The first-order valence-electron chi connectivity index (χ1n) is 15.4. The lowest BCUT2D eigenvalue weighted by Crippen LogP contribution is -2.56. The summed E-state index contributed by atoms with van der Waals surface area (Å²) in [5, 5.41) is 0. The van der Waals surface area contributed by atoms with Gasteiger partial charge in [-0.05, 0) is 86.5 Å². The van der Waals surface area contributed by atoms with E-state index in [4.69, 9.17) is 4.98 Å². The van der Waals surface area contributed by atoms with Crippen molar-refractivity contribution in [1.29, 1.82) is 0 Å². The molecule has 0 saturated heterocycles. The first-order valence-corrected chi connectivity index (χ1v) is 15.4. The Morgan fingerprint density at radius 1 is 0.581 bits per heavy atom. The SMILES string of the molecule is CC(C)(C)c1ccc2c(c1)B1c3c(cc(C(C)(C)C)cc3-n3c1nc1ccc(-c4ccccc4)cc13)N2c1ccccc1. The van der Waals surface area contributed by atoms with Crippen LogP contribution in [0.4, 0.5) is 17.1 Å². The lowest BCUT2D eigenvalue weighted by Gasteiger charge is -2.37. The summed E-state index contributed by atoms with van der Waals surface area (Å²) >= 11 is 0. The maximum Gasteiger partial charge on any atom is 0.294 e. The number of nitrogens with zero attached hydrogens (tertiary/aromatic N) is 3. The average molecular weight is 558 g/mol. The van der Waals surface area contributed by atoms with Gasteiger partial charge in [-0.15, -0.1) is 0 Å². The largest absolute Gasteiger partial charge is 0.311 e. The lowest BCUT2D eigenvalue weighted by molar-refractivity contribution is 0.590. The molecule has 2 aliphatic rings. The van der Waals surface area contributed by atoms with Crippen LogP contribution in [0.2, 0.25) is 0 Å². The highest BCUT2D eigenvalue weighted by atomic mass is 15.2. The van der Waals surface area contributed by atoms with E-state index >= 15 is 0 Å². The zero-order valence-corrected chi connectivity index (χ0v) is 25.8. The van der Waals surface area contributed by atoms with E-state index in [-0.39, 0.29) is 17.5 Å². The van der Waals surface area contributed by atoms with Crippen molar-refractivity contribution in [3.05, 3.63) is 120 Å². The molecule has 0 bridgehead atoms. The molecule has 6 aromatic rings. The summed E-state index contributed by atoms with van der Waals surface area (Å²) in [5.74, 6) is 0. The van der Waals surface area contributed by atoms with E-state index in [1.54, 1.807) is 0 Å². The highest BCUT2D eigenvalue weighted by molar-refractivity contribution is 6.99. The molecule has 5 aromatic carbocycles. The molecule has 1 aromatic heterocycles. The van der Waals surface area contributed by atoms with Crippen molar-refractivity contribution in [3.63, 3.8) is 0 Å². The summed E-state index contributed by atoms with van der Waals surface area (Å²) in [7, 11) is 0. The Hall–Kier alpha value is -4.57. The van der Waals surface area contributed by atoms with Crippen molar-refractivity contribution < 1.29 is 0 Å². The third kappa shape index (κ3) is 3.92. The Kier molecular flexibility index (Phi) is 5.44. The summed E-state index contributed by atoms with van der Waals surface area (Å²) in [6.45, 7) is 13.9. The summed E-state index contributed by atoms with van der Waals surface area (Å²) < 4.78 is 2.46. The number of fused-ring (bicyclic) bond motifs is 7. The maximum atomic E-state index is 5.39. The Morgan fingerprint density at radius 3 is 1.95 bits per heavy atom. The van der Waals surface area contributed by atoms with Crippen LogP contribution >= 0.6 is 0 Å². The second-order valence-electron chi connectivity index (χ2n) is 14.2. The normalized spacial score (nSPS) is 13.7. The van der Waals surface area contributed by atoms with Crippen LogP contribution in [0, 0.1) is 0 Å². The van der Waals surface area contributed by atoms with Gasteiger partial charge >= 0.3 is 0 Å². The van der Waals surface area contributed by atoms with Crippen molar-refractivity contribution >= 4 is 51.5 Å². The second kappa shape index (κ2) is 8.97. The summed E-state index contributed by atoms with van der Waals surface area (Å²) in [4.78, 5) is 7.88. The van der Waals surface area contributed by atoms with Crippen molar-refractivity contribution in [3.8, 4) is 16.8 Å². The van der Waals surface area contributed by atoms with Crippen LogP contribution in [0.25, 0.3) is 27.8 Å². The number of hydrogen-bond acceptors (Lipinski definition) is 2. The van der Waals surface area contributed by atoms with Gasteiger partial charge in [0.25, 0.3) is 6.71 Å². The van der Waals surface area contributed by atoms with Crippen molar-refractivity contribution in [2.75, 3.05) is 4.90 Å². The van der Waals surface area contributed by atoms with Crippen molar-refractivity contribution in [2.24, 2.45) is 0 Å². The summed E-state index contributed by atoms with van der Waals surface area (Å²) in [6, 6.07) is 40.2. The van der Waals surface area contributed by atoms with E-state index in [9.17, 15) is 0 Å². The van der Waals surface area contributed by atoms with Gasteiger partial charge in [0.15, 0.2) is 0 Å². The van der Waals surface area contributed by atoms with E-state index in [2.05, 4.69) is 160 Å². The number of rotatable bonds is 2. The van der Waals surface area contributed by atoms with Gasteiger partial charge in [0, 0.05) is 22.7 Å². The minimum Gasteiger partial charge on any atom is -0.311 e. The molecule has 0 saturated carbocycles. The molecule has 8 rings (SSSR count). The first-order chi connectivity index (χ1) is 20.6. The molecule has 0 N–H and O–H groups in total. The topological polar surface area (TPSA) is 21.1 Å². The van der Waals surface area contributed by atoms with Gasteiger partial charge in [-0.3, -0.25) is 0 Å². The zero-order valence-electron chi connectivity index (χ0n) is 25.8. The van der Waals surface area contributed by atoms with Crippen LogP contribution < -0.4 is 21.5 Å². The van der Waals surface area contributed by atoms with E-state index in [0.717, 1.165) is 11.2 Å². The molecule has 3 heterocycles.